The molecule has 3 heterocycles. The fraction of sp³-hybridized carbons (Fsp3) is 0.556. The summed E-state index contributed by atoms with van der Waals surface area (Å²) in [5, 5.41) is 0. The second kappa shape index (κ2) is 5.77. The van der Waals surface area contributed by atoms with Crippen molar-refractivity contribution in [1.82, 2.24) is 9.88 Å². The molecule has 2 fully saturated rings. The number of nitrogens with zero attached hydrogens (tertiary/aromatic N) is 3. The molecule has 1 aromatic rings. The Labute approximate surface area is 137 Å². The van der Waals surface area contributed by atoms with Gasteiger partial charge in [0, 0.05) is 37.3 Å². The Morgan fingerprint density at radius 2 is 2.17 bits per heavy atom. The van der Waals surface area contributed by atoms with E-state index in [0.29, 0.717) is 5.92 Å². The fourth-order valence-electron chi connectivity index (χ4n) is 3.40. The first kappa shape index (κ1) is 15.7. The van der Waals surface area contributed by atoms with Crippen molar-refractivity contribution in [1.29, 1.82) is 0 Å². The Hall–Kier alpha value is -2.22. The molecule has 0 spiro atoms. The lowest BCUT2D eigenvalue weighted by Crippen LogP contribution is -2.42. The zero-order valence-corrected chi connectivity index (χ0v) is 14.0. The molecule has 3 rings (SSSR count). The second-order valence-corrected chi connectivity index (χ2v) is 7.27. The normalized spacial score (nSPS) is 23.6. The van der Waals surface area contributed by atoms with Gasteiger partial charge in [0.25, 0.3) is 0 Å². The van der Waals surface area contributed by atoms with E-state index in [9.17, 15) is 4.79 Å². The summed E-state index contributed by atoms with van der Waals surface area (Å²) in [6, 6.07) is 2.19. The van der Waals surface area contributed by atoms with Gasteiger partial charge in [-0.3, -0.25) is 4.98 Å². The molecule has 0 aliphatic carbocycles. The van der Waals surface area contributed by atoms with E-state index in [1.807, 2.05) is 37.9 Å². The van der Waals surface area contributed by atoms with Gasteiger partial charge in [0.05, 0.1) is 17.9 Å². The van der Waals surface area contributed by atoms with Crippen LogP contribution in [0.3, 0.4) is 0 Å². The standard InChI is InChI=1S/C18H23N3O2/c1-5-13-8-15(10-19-9-13)20-11-14-6-7-21(16(14)12-20)17(22)23-18(2,3)4/h1,8-10,14,16H,6-7,11-12H2,2-4H3/t14-,16+/m1/s1. The number of hydrogen-bond acceptors (Lipinski definition) is 4. The molecule has 0 bridgehead atoms. The van der Waals surface area contributed by atoms with Gasteiger partial charge in [-0.15, -0.1) is 6.42 Å². The molecule has 0 unspecified atom stereocenters. The highest BCUT2D eigenvalue weighted by molar-refractivity contribution is 5.69. The quantitative estimate of drug-likeness (QED) is 0.747. The molecule has 2 saturated heterocycles. The summed E-state index contributed by atoms with van der Waals surface area (Å²) in [5.74, 6) is 3.10. The van der Waals surface area contributed by atoms with E-state index < -0.39 is 5.60 Å². The summed E-state index contributed by atoms with van der Waals surface area (Å²) >= 11 is 0. The minimum absolute atomic E-state index is 0.206. The first-order valence-corrected chi connectivity index (χ1v) is 8.03. The highest BCUT2D eigenvalue weighted by Crippen LogP contribution is 2.34. The van der Waals surface area contributed by atoms with Crippen LogP contribution < -0.4 is 4.90 Å². The third-order valence-electron chi connectivity index (χ3n) is 4.43. The smallest absolute Gasteiger partial charge is 0.410 e. The summed E-state index contributed by atoms with van der Waals surface area (Å²) in [5.41, 5.74) is 1.35. The third kappa shape index (κ3) is 3.26. The van der Waals surface area contributed by atoms with Crippen molar-refractivity contribution in [3.8, 4) is 12.3 Å². The number of rotatable bonds is 1. The van der Waals surface area contributed by atoms with E-state index in [0.717, 1.165) is 37.3 Å². The van der Waals surface area contributed by atoms with Gasteiger partial charge in [0.2, 0.25) is 0 Å². The lowest BCUT2D eigenvalue weighted by Gasteiger charge is -2.28. The minimum Gasteiger partial charge on any atom is -0.444 e. The van der Waals surface area contributed by atoms with Crippen molar-refractivity contribution >= 4 is 11.8 Å². The van der Waals surface area contributed by atoms with Gasteiger partial charge in [-0.2, -0.15) is 0 Å². The highest BCUT2D eigenvalue weighted by Gasteiger charge is 2.44. The molecule has 1 aromatic heterocycles. The van der Waals surface area contributed by atoms with E-state index in [1.54, 1.807) is 6.20 Å². The van der Waals surface area contributed by atoms with Gasteiger partial charge in [0.1, 0.15) is 5.60 Å². The number of carbonyl (C=O) groups is 1. The van der Waals surface area contributed by atoms with Crippen molar-refractivity contribution in [2.45, 2.75) is 38.8 Å². The highest BCUT2D eigenvalue weighted by atomic mass is 16.6. The first-order chi connectivity index (χ1) is 10.9. The van der Waals surface area contributed by atoms with Gasteiger partial charge in [-0.1, -0.05) is 5.92 Å². The predicted molar refractivity (Wildman–Crippen MR) is 89.2 cm³/mol. The molecule has 0 N–H and O–H groups in total. The molecule has 1 amide bonds. The zero-order valence-electron chi connectivity index (χ0n) is 14.0. The Bertz CT molecular complexity index is 644. The van der Waals surface area contributed by atoms with Crippen molar-refractivity contribution < 1.29 is 9.53 Å². The molecule has 2 aliphatic rings. The van der Waals surface area contributed by atoms with Crippen molar-refractivity contribution in [3.05, 3.63) is 24.0 Å². The number of carbonyl (C=O) groups excluding carboxylic acids is 1. The maximum atomic E-state index is 12.4. The number of likely N-dealkylation sites (tertiary alicyclic amines) is 1. The summed E-state index contributed by atoms with van der Waals surface area (Å²) in [7, 11) is 0. The van der Waals surface area contributed by atoms with Gasteiger partial charge in [-0.05, 0) is 33.3 Å². The average Bonchev–Trinajstić information content (AvgIpc) is 3.05. The molecular formula is C18H23N3O2. The summed E-state index contributed by atoms with van der Waals surface area (Å²) in [6.07, 6.45) is 9.78. The Kier molecular flexibility index (Phi) is 3.93. The molecule has 5 heteroatoms. The Morgan fingerprint density at radius 3 is 2.87 bits per heavy atom. The molecular weight excluding hydrogens is 290 g/mol. The van der Waals surface area contributed by atoms with E-state index in [1.165, 1.54) is 0 Å². The van der Waals surface area contributed by atoms with Crippen LogP contribution in [0.4, 0.5) is 10.5 Å². The van der Waals surface area contributed by atoms with Crippen molar-refractivity contribution in [2.24, 2.45) is 5.92 Å². The topological polar surface area (TPSA) is 45.7 Å². The maximum absolute atomic E-state index is 12.4. The Balaban J connectivity index is 1.71. The first-order valence-electron chi connectivity index (χ1n) is 8.03. The number of aromatic nitrogens is 1. The van der Waals surface area contributed by atoms with Gasteiger partial charge < -0.3 is 14.5 Å². The SMILES string of the molecule is C#Cc1cncc(N2C[C@H]3CCN(C(=O)OC(C)(C)C)[C@H]3C2)c1. The van der Waals surface area contributed by atoms with Crippen LogP contribution in [-0.4, -0.2) is 47.3 Å². The predicted octanol–water partition coefficient (Wildman–Crippen LogP) is 2.51. The van der Waals surface area contributed by atoms with Crippen molar-refractivity contribution in [2.75, 3.05) is 24.5 Å². The summed E-state index contributed by atoms with van der Waals surface area (Å²) < 4.78 is 5.54. The molecule has 2 atom stereocenters. The molecule has 5 nitrogen and oxygen atoms in total. The summed E-state index contributed by atoms with van der Waals surface area (Å²) in [6.45, 7) is 8.21. The van der Waals surface area contributed by atoms with E-state index >= 15 is 0 Å². The van der Waals surface area contributed by atoms with Gasteiger partial charge in [-0.25, -0.2) is 4.79 Å². The van der Waals surface area contributed by atoms with E-state index in [-0.39, 0.29) is 12.1 Å². The van der Waals surface area contributed by atoms with Crippen LogP contribution in [0.5, 0.6) is 0 Å². The fourth-order valence-corrected chi connectivity index (χ4v) is 3.40. The van der Waals surface area contributed by atoms with Crippen LogP contribution in [0.25, 0.3) is 0 Å². The number of anilines is 1. The molecule has 2 aliphatic heterocycles. The lowest BCUT2D eigenvalue weighted by atomic mass is 10.1. The number of fused-ring (bicyclic) bond motifs is 1. The van der Waals surface area contributed by atoms with Crippen LogP contribution in [0, 0.1) is 18.3 Å². The maximum Gasteiger partial charge on any atom is 0.410 e. The average molecular weight is 313 g/mol. The zero-order chi connectivity index (χ0) is 16.6. The molecule has 23 heavy (non-hydrogen) atoms. The van der Waals surface area contributed by atoms with E-state index in [4.69, 9.17) is 11.2 Å². The summed E-state index contributed by atoms with van der Waals surface area (Å²) in [4.78, 5) is 20.7. The number of amides is 1. The number of terminal acetylenes is 1. The number of ether oxygens (including phenoxy) is 1. The third-order valence-corrected chi connectivity index (χ3v) is 4.43. The van der Waals surface area contributed by atoms with Crippen LogP contribution >= 0.6 is 0 Å². The molecule has 0 aromatic carbocycles. The minimum atomic E-state index is -0.460. The van der Waals surface area contributed by atoms with Crippen molar-refractivity contribution in [3.63, 3.8) is 0 Å². The van der Waals surface area contributed by atoms with E-state index in [2.05, 4.69) is 15.8 Å². The molecule has 122 valence electrons. The molecule has 0 saturated carbocycles. The monoisotopic (exact) mass is 313 g/mol. The lowest BCUT2D eigenvalue weighted by molar-refractivity contribution is 0.0229. The van der Waals surface area contributed by atoms with Crippen LogP contribution in [0.1, 0.15) is 32.8 Å². The second-order valence-electron chi connectivity index (χ2n) is 7.27. The Morgan fingerprint density at radius 1 is 1.39 bits per heavy atom. The molecule has 0 radical (unpaired) electrons. The van der Waals surface area contributed by atoms with Crippen LogP contribution in [0.15, 0.2) is 18.5 Å². The number of hydrogen-bond donors (Lipinski definition) is 0. The van der Waals surface area contributed by atoms with Gasteiger partial charge in [0.15, 0.2) is 0 Å². The van der Waals surface area contributed by atoms with Crippen LogP contribution in [-0.2, 0) is 4.74 Å². The van der Waals surface area contributed by atoms with Crippen LogP contribution in [0.2, 0.25) is 0 Å². The largest absolute Gasteiger partial charge is 0.444 e. The number of pyridine rings is 1. The van der Waals surface area contributed by atoms with Gasteiger partial charge >= 0.3 is 6.09 Å².